The van der Waals surface area contributed by atoms with Crippen molar-refractivity contribution in [2.24, 2.45) is 7.05 Å². The van der Waals surface area contributed by atoms with E-state index in [1.807, 2.05) is 7.05 Å². The topological polar surface area (TPSA) is 56.7 Å². The Hall–Kier alpha value is -1.84. The largest absolute Gasteiger partial charge is 0.366 e. The van der Waals surface area contributed by atoms with Crippen molar-refractivity contribution < 1.29 is 0 Å². The third-order valence-electron chi connectivity index (χ3n) is 2.63. The zero-order chi connectivity index (χ0) is 11.5. The van der Waals surface area contributed by atoms with Gasteiger partial charge in [-0.2, -0.15) is 4.98 Å². The lowest BCUT2D eigenvalue weighted by Crippen LogP contribution is -2.01. The average Bonchev–Trinajstić information content (AvgIpc) is 2.57. The molecule has 2 rings (SSSR count). The van der Waals surface area contributed by atoms with Crippen molar-refractivity contribution in [1.82, 2.24) is 14.8 Å². The van der Waals surface area contributed by atoms with E-state index in [2.05, 4.69) is 41.3 Å². The first kappa shape index (κ1) is 10.7. The van der Waals surface area contributed by atoms with Gasteiger partial charge < -0.3 is 5.73 Å². The highest BCUT2D eigenvalue weighted by Crippen LogP contribution is 2.07. The molecule has 0 radical (unpaired) electrons. The van der Waals surface area contributed by atoms with Gasteiger partial charge in [0.1, 0.15) is 5.82 Å². The number of nitrogens with zero attached hydrogens (tertiary/aromatic N) is 3. The predicted octanol–water partition coefficient (Wildman–Crippen LogP) is 1.49. The SMILES string of the molecule is Cc1ccc(CCc2nc(N)nn2C)cc1. The molecule has 0 amide bonds. The summed E-state index contributed by atoms with van der Waals surface area (Å²) in [5.74, 6) is 1.28. The molecule has 84 valence electrons. The monoisotopic (exact) mass is 216 g/mol. The summed E-state index contributed by atoms with van der Waals surface area (Å²) in [6.07, 6.45) is 1.83. The fourth-order valence-electron chi connectivity index (χ4n) is 1.67. The average molecular weight is 216 g/mol. The van der Waals surface area contributed by atoms with Gasteiger partial charge in [-0.1, -0.05) is 29.8 Å². The van der Waals surface area contributed by atoms with E-state index in [4.69, 9.17) is 5.73 Å². The Balaban J connectivity index is 2.02. The molecule has 0 aliphatic carbocycles. The lowest BCUT2D eigenvalue weighted by molar-refractivity contribution is 0.694. The summed E-state index contributed by atoms with van der Waals surface area (Å²) in [4.78, 5) is 4.17. The zero-order valence-corrected chi connectivity index (χ0v) is 9.64. The highest BCUT2D eigenvalue weighted by atomic mass is 15.4. The molecule has 0 aliphatic heterocycles. The first-order valence-corrected chi connectivity index (χ1v) is 5.36. The summed E-state index contributed by atoms with van der Waals surface area (Å²) < 4.78 is 1.74. The molecule has 0 spiro atoms. The van der Waals surface area contributed by atoms with Crippen LogP contribution in [0.5, 0.6) is 0 Å². The number of anilines is 1. The van der Waals surface area contributed by atoms with E-state index < -0.39 is 0 Å². The molecule has 0 bridgehead atoms. The second kappa shape index (κ2) is 4.35. The first-order valence-electron chi connectivity index (χ1n) is 5.36. The van der Waals surface area contributed by atoms with Crippen LogP contribution in [0.3, 0.4) is 0 Å². The summed E-state index contributed by atoms with van der Waals surface area (Å²) in [6, 6.07) is 8.55. The van der Waals surface area contributed by atoms with Gasteiger partial charge in [-0.3, -0.25) is 4.68 Å². The van der Waals surface area contributed by atoms with Crippen LogP contribution in [-0.4, -0.2) is 14.8 Å². The van der Waals surface area contributed by atoms with Gasteiger partial charge >= 0.3 is 0 Å². The number of hydrogen-bond acceptors (Lipinski definition) is 3. The van der Waals surface area contributed by atoms with Gasteiger partial charge in [0.25, 0.3) is 0 Å². The molecule has 0 saturated heterocycles. The molecule has 1 heterocycles. The molecule has 2 aromatic rings. The van der Waals surface area contributed by atoms with Gasteiger partial charge in [0, 0.05) is 13.5 Å². The number of aromatic nitrogens is 3. The van der Waals surface area contributed by atoms with Crippen molar-refractivity contribution in [3.8, 4) is 0 Å². The van der Waals surface area contributed by atoms with E-state index in [1.165, 1.54) is 11.1 Å². The molecule has 4 nitrogen and oxygen atoms in total. The van der Waals surface area contributed by atoms with Crippen LogP contribution in [0.1, 0.15) is 17.0 Å². The van der Waals surface area contributed by atoms with E-state index in [-0.39, 0.29) is 0 Å². The molecule has 0 fully saturated rings. The van der Waals surface area contributed by atoms with Crippen molar-refractivity contribution in [1.29, 1.82) is 0 Å². The number of hydrogen-bond donors (Lipinski definition) is 1. The van der Waals surface area contributed by atoms with Gasteiger partial charge in [-0.05, 0) is 18.9 Å². The van der Waals surface area contributed by atoms with Gasteiger partial charge in [-0.15, -0.1) is 5.10 Å². The predicted molar refractivity (Wildman–Crippen MR) is 64.0 cm³/mol. The van der Waals surface area contributed by atoms with Crippen molar-refractivity contribution in [2.75, 3.05) is 5.73 Å². The maximum atomic E-state index is 5.53. The highest BCUT2D eigenvalue weighted by Gasteiger charge is 2.04. The van der Waals surface area contributed by atoms with Gasteiger partial charge in [0.15, 0.2) is 0 Å². The second-order valence-corrected chi connectivity index (χ2v) is 4.00. The smallest absolute Gasteiger partial charge is 0.239 e. The maximum Gasteiger partial charge on any atom is 0.239 e. The Kier molecular flexibility index (Phi) is 2.90. The minimum atomic E-state index is 0.349. The van der Waals surface area contributed by atoms with E-state index in [0.29, 0.717) is 5.95 Å². The van der Waals surface area contributed by atoms with Crippen LogP contribution in [-0.2, 0) is 19.9 Å². The molecule has 1 aromatic carbocycles. The van der Waals surface area contributed by atoms with Crippen LogP contribution in [0, 0.1) is 6.92 Å². The highest BCUT2D eigenvalue weighted by molar-refractivity contribution is 5.22. The Bertz CT molecular complexity index is 470. The number of nitrogen functional groups attached to an aromatic ring is 1. The summed E-state index contributed by atoms with van der Waals surface area (Å²) >= 11 is 0. The molecular formula is C12H16N4. The third kappa shape index (κ3) is 2.39. The molecule has 0 atom stereocenters. The molecule has 2 N–H and O–H groups in total. The Morgan fingerprint density at radius 2 is 1.88 bits per heavy atom. The number of benzene rings is 1. The number of nitrogens with two attached hydrogens (primary N) is 1. The Morgan fingerprint density at radius 1 is 1.19 bits per heavy atom. The second-order valence-electron chi connectivity index (χ2n) is 4.00. The molecular weight excluding hydrogens is 200 g/mol. The third-order valence-corrected chi connectivity index (χ3v) is 2.63. The van der Waals surface area contributed by atoms with Crippen LogP contribution in [0.15, 0.2) is 24.3 Å². The summed E-state index contributed by atoms with van der Waals surface area (Å²) in [5, 5.41) is 4.02. The van der Waals surface area contributed by atoms with Crippen molar-refractivity contribution >= 4 is 5.95 Å². The molecule has 0 unspecified atom stereocenters. The maximum absolute atomic E-state index is 5.53. The number of rotatable bonds is 3. The molecule has 16 heavy (non-hydrogen) atoms. The van der Waals surface area contributed by atoms with E-state index in [9.17, 15) is 0 Å². The minimum absolute atomic E-state index is 0.349. The standard InChI is InChI=1S/C12H16N4/c1-9-3-5-10(6-4-9)7-8-11-14-12(13)15-16(11)2/h3-6H,7-8H2,1-2H3,(H2,13,15). The molecule has 1 aromatic heterocycles. The van der Waals surface area contributed by atoms with E-state index >= 15 is 0 Å². The summed E-state index contributed by atoms with van der Waals surface area (Å²) in [7, 11) is 1.87. The normalized spacial score (nSPS) is 10.6. The molecule has 0 aliphatic rings. The van der Waals surface area contributed by atoms with Crippen LogP contribution >= 0.6 is 0 Å². The van der Waals surface area contributed by atoms with E-state index in [1.54, 1.807) is 4.68 Å². The van der Waals surface area contributed by atoms with Crippen LogP contribution in [0.25, 0.3) is 0 Å². The van der Waals surface area contributed by atoms with Crippen LogP contribution in [0.4, 0.5) is 5.95 Å². The van der Waals surface area contributed by atoms with Gasteiger partial charge in [-0.25, -0.2) is 0 Å². The fourth-order valence-corrected chi connectivity index (χ4v) is 1.67. The van der Waals surface area contributed by atoms with Gasteiger partial charge in [0.05, 0.1) is 0 Å². The Morgan fingerprint density at radius 3 is 2.44 bits per heavy atom. The van der Waals surface area contributed by atoms with Crippen molar-refractivity contribution in [3.05, 3.63) is 41.2 Å². The van der Waals surface area contributed by atoms with Crippen molar-refractivity contribution in [2.45, 2.75) is 19.8 Å². The summed E-state index contributed by atoms with van der Waals surface area (Å²) in [6.45, 7) is 2.09. The Labute approximate surface area is 95.1 Å². The fraction of sp³-hybridized carbons (Fsp3) is 0.333. The quantitative estimate of drug-likeness (QED) is 0.845. The van der Waals surface area contributed by atoms with Gasteiger partial charge in [0.2, 0.25) is 5.95 Å². The summed E-state index contributed by atoms with van der Waals surface area (Å²) in [5.41, 5.74) is 8.12. The lowest BCUT2D eigenvalue weighted by Gasteiger charge is -2.01. The van der Waals surface area contributed by atoms with Crippen LogP contribution in [0.2, 0.25) is 0 Å². The first-order chi connectivity index (χ1) is 7.65. The molecule has 0 saturated carbocycles. The van der Waals surface area contributed by atoms with Crippen LogP contribution < -0.4 is 5.73 Å². The number of aryl methyl sites for hydroxylation is 4. The van der Waals surface area contributed by atoms with Crippen molar-refractivity contribution in [3.63, 3.8) is 0 Å². The lowest BCUT2D eigenvalue weighted by atomic mass is 10.1. The van der Waals surface area contributed by atoms with E-state index in [0.717, 1.165) is 18.7 Å². The molecule has 4 heteroatoms. The zero-order valence-electron chi connectivity index (χ0n) is 9.64. The minimum Gasteiger partial charge on any atom is -0.366 e.